The van der Waals surface area contributed by atoms with Gasteiger partial charge < -0.3 is 5.32 Å². The molecular formula is C16H21N3. The van der Waals surface area contributed by atoms with Crippen molar-refractivity contribution in [2.45, 2.75) is 33.2 Å². The zero-order valence-corrected chi connectivity index (χ0v) is 11.9. The highest BCUT2D eigenvalue weighted by atomic mass is 15.3. The standard InChI is InChI=1S/C16H21N3/c1-11-4-5-14(8-12(11)2)16-10-19(18-13(16)3)15-6-7-17-9-15/h4-5,8,10,15,17H,6-7,9H2,1-3H3. The number of benzene rings is 1. The highest BCUT2D eigenvalue weighted by Gasteiger charge is 2.18. The monoisotopic (exact) mass is 255 g/mol. The lowest BCUT2D eigenvalue weighted by molar-refractivity contribution is 0.488. The van der Waals surface area contributed by atoms with Gasteiger partial charge in [0.25, 0.3) is 0 Å². The average Bonchev–Trinajstić information content (AvgIpc) is 3.01. The molecule has 1 aromatic carbocycles. The topological polar surface area (TPSA) is 29.9 Å². The van der Waals surface area contributed by atoms with Crippen molar-refractivity contribution in [1.82, 2.24) is 15.1 Å². The Morgan fingerprint density at radius 2 is 2.05 bits per heavy atom. The molecule has 0 amide bonds. The first-order chi connectivity index (χ1) is 9.15. The Morgan fingerprint density at radius 3 is 2.74 bits per heavy atom. The minimum absolute atomic E-state index is 0.513. The van der Waals surface area contributed by atoms with Crippen molar-refractivity contribution in [2.75, 3.05) is 13.1 Å². The van der Waals surface area contributed by atoms with Crippen molar-refractivity contribution < 1.29 is 0 Å². The van der Waals surface area contributed by atoms with E-state index in [1.807, 2.05) is 0 Å². The molecule has 0 radical (unpaired) electrons. The summed E-state index contributed by atoms with van der Waals surface area (Å²) in [6, 6.07) is 7.16. The number of nitrogens with one attached hydrogen (secondary N) is 1. The highest BCUT2D eigenvalue weighted by Crippen LogP contribution is 2.27. The second kappa shape index (κ2) is 4.82. The fourth-order valence-corrected chi connectivity index (χ4v) is 2.73. The van der Waals surface area contributed by atoms with Gasteiger partial charge in [-0.25, -0.2) is 0 Å². The second-order valence-corrected chi connectivity index (χ2v) is 5.55. The van der Waals surface area contributed by atoms with Crippen molar-refractivity contribution in [3.63, 3.8) is 0 Å². The van der Waals surface area contributed by atoms with Crippen molar-refractivity contribution >= 4 is 0 Å². The molecule has 3 rings (SSSR count). The number of aryl methyl sites for hydroxylation is 3. The third kappa shape index (κ3) is 2.30. The van der Waals surface area contributed by atoms with Crippen LogP contribution in [0.25, 0.3) is 11.1 Å². The average molecular weight is 255 g/mol. The highest BCUT2D eigenvalue weighted by molar-refractivity contribution is 5.66. The van der Waals surface area contributed by atoms with Gasteiger partial charge in [0.15, 0.2) is 0 Å². The van der Waals surface area contributed by atoms with Crippen LogP contribution in [-0.2, 0) is 0 Å². The first-order valence-electron chi connectivity index (χ1n) is 6.99. The van der Waals surface area contributed by atoms with Gasteiger partial charge >= 0.3 is 0 Å². The molecule has 0 bridgehead atoms. The smallest absolute Gasteiger partial charge is 0.0672 e. The van der Waals surface area contributed by atoms with Gasteiger partial charge in [-0.2, -0.15) is 5.10 Å². The molecule has 2 heterocycles. The van der Waals surface area contributed by atoms with E-state index in [-0.39, 0.29) is 0 Å². The zero-order chi connectivity index (χ0) is 13.4. The van der Waals surface area contributed by atoms with Gasteiger partial charge in [-0.15, -0.1) is 0 Å². The summed E-state index contributed by atoms with van der Waals surface area (Å²) in [6.07, 6.45) is 3.38. The Kier molecular flexibility index (Phi) is 3.15. The van der Waals surface area contributed by atoms with E-state index in [9.17, 15) is 0 Å². The van der Waals surface area contributed by atoms with Crippen LogP contribution in [0.2, 0.25) is 0 Å². The summed E-state index contributed by atoms with van der Waals surface area (Å²) in [5.41, 5.74) is 6.34. The maximum atomic E-state index is 4.70. The summed E-state index contributed by atoms with van der Waals surface area (Å²) in [5, 5.41) is 8.09. The first-order valence-corrected chi connectivity index (χ1v) is 6.99. The molecule has 1 atom stereocenters. The maximum absolute atomic E-state index is 4.70. The molecule has 1 unspecified atom stereocenters. The van der Waals surface area contributed by atoms with Crippen molar-refractivity contribution in [2.24, 2.45) is 0 Å². The Balaban J connectivity index is 1.97. The predicted octanol–water partition coefficient (Wildman–Crippen LogP) is 3.01. The van der Waals surface area contributed by atoms with Crippen LogP contribution in [-0.4, -0.2) is 22.9 Å². The molecular weight excluding hydrogens is 234 g/mol. The van der Waals surface area contributed by atoms with E-state index >= 15 is 0 Å². The quantitative estimate of drug-likeness (QED) is 0.894. The van der Waals surface area contributed by atoms with Crippen LogP contribution >= 0.6 is 0 Å². The molecule has 2 aromatic rings. The molecule has 0 saturated carbocycles. The minimum Gasteiger partial charge on any atom is -0.315 e. The van der Waals surface area contributed by atoms with Crippen LogP contribution < -0.4 is 5.32 Å². The van der Waals surface area contributed by atoms with Gasteiger partial charge in [-0.1, -0.05) is 18.2 Å². The summed E-state index contributed by atoms with van der Waals surface area (Å²) >= 11 is 0. The molecule has 3 nitrogen and oxygen atoms in total. The number of nitrogens with zero attached hydrogens (tertiary/aromatic N) is 2. The predicted molar refractivity (Wildman–Crippen MR) is 78.4 cm³/mol. The summed E-state index contributed by atoms with van der Waals surface area (Å²) in [7, 11) is 0. The third-order valence-electron chi connectivity index (χ3n) is 4.14. The molecule has 1 aliphatic heterocycles. The van der Waals surface area contributed by atoms with Crippen LogP contribution in [0.4, 0.5) is 0 Å². The molecule has 0 aliphatic carbocycles. The number of hydrogen-bond donors (Lipinski definition) is 1. The maximum Gasteiger partial charge on any atom is 0.0672 e. The molecule has 0 spiro atoms. The van der Waals surface area contributed by atoms with Gasteiger partial charge in [-0.05, 0) is 50.4 Å². The second-order valence-electron chi connectivity index (χ2n) is 5.55. The SMILES string of the molecule is Cc1ccc(-c2cn(C3CCNC3)nc2C)cc1C. The molecule has 1 fully saturated rings. The van der Waals surface area contributed by atoms with E-state index in [0.717, 1.165) is 18.8 Å². The Hall–Kier alpha value is -1.61. The lowest BCUT2D eigenvalue weighted by Crippen LogP contribution is -2.13. The van der Waals surface area contributed by atoms with E-state index in [1.165, 1.54) is 28.7 Å². The Labute approximate surface area is 114 Å². The molecule has 1 N–H and O–H groups in total. The van der Waals surface area contributed by atoms with E-state index in [0.29, 0.717) is 6.04 Å². The van der Waals surface area contributed by atoms with Crippen LogP contribution in [0.1, 0.15) is 29.3 Å². The molecule has 1 aromatic heterocycles. The van der Waals surface area contributed by atoms with Crippen LogP contribution in [0.3, 0.4) is 0 Å². The number of hydrogen-bond acceptors (Lipinski definition) is 2. The third-order valence-corrected chi connectivity index (χ3v) is 4.14. The van der Waals surface area contributed by atoms with Gasteiger partial charge in [-0.3, -0.25) is 4.68 Å². The zero-order valence-electron chi connectivity index (χ0n) is 11.9. The number of rotatable bonds is 2. The van der Waals surface area contributed by atoms with E-state index in [1.54, 1.807) is 0 Å². The normalized spacial score (nSPS) is 19.0. The fraction of sp³-hybridized carbons (Fsp3) is 0.438. The van der Waals surface area contributed by atoms with E-state index in [4.69, 9.17) is 5.10 Å². The summed E-state index contributed by atoms with van der Waals surface area (Å²) in [4.78, 5) is 0. The van der Waals surface area contributed by atoms with Gasteiger partial charge in [0, 0.05) is 18.3 Å². The van der Waals surface area contributed by atoms with E-state index in [2.05, 4.69) is 55.2 Å². The lowest BCUT2D eigenvalue weighted by atomic mass is 10.0. The van der Waals surface area contributed by atoms with Gasteiger partial charge in [0.1, 0.15) is 0 Å². The molecule has 1 aliphatic rings. The van der Waals surface area contributed by atoms with E-state index < -0.39 is 0 Å². The van der Waals surface area contributed by atoms with Crippen LogP contribution in [0.15, 0.2) is 24.4 Å². The largest absolute Gasteiger partial charge is 0.315 e. The summed E-state index contributed by atoms with van der Waals surface area (Å²) < 4.78 is 2.14. The van der Waals surface area contributed by atoms with Crippen LogP contribution in [0, 0.1) is 20.8 Å². The minimum atomic E-state index is 0.513. The molecule has 1 saturated heterocycles. The molecule has 19 heavy (non-hydrogen) atoms. The van der Waals surface area contributed by atoms with Crippen molar-refractivity contribution in [3.05, 3.63) is 41.2 Å². The lowest BCUT2D eigenvalue weighted by Gasteiger charge is -2.08. The molecule has 100 valence electrons. The van der Waals surface area contributed by atoms with Crippen molar-refractivity contribution in [3.8, 4) is 11.1 Å². The van der Waals surface area contributed by atoms with Gasteiger partial charge in [0.05, 0.1) is 11.7 Å². The number of aromatic nitrogens is 2. The van der Waals surface area contributed by atoms with Gasteiger partial charge in [0.2, 0.25) is 0 Å². The Bertz CT molecular complexity index is 592. The summed E-state index contributed by atoms with van der Waals surface area (Å²) in [5.74, 6) is 0. The first kappa shape index (κ1) is 12.4. The fourth-order valence-electron chi connectivity index (χ4n) is 2.73. The Morgan fingerprint density at radius 1 is 1.21 bits per heavy atom. The summed E-state index contributed by atoms with van der Waals surface area (Å²) in [6.45, 7) is 8.55. The molecule has 3 heteroatoms. The van der Waals surface area contributed by atoms with Crippen LogP contribution in [0.5, 0.6) is 0 Å². The van der Waals surface area contributed by atoms with Crippen molar-refractivity contribution in [1.29, 1.82) is 0 Å².